The van der Waals surface area contributed by atoms with Crippen molar-refractivity contribution < 1.29 is 36.3 Å². The number of nitrogens with zero attached hydrogens (tertiary/aromatic N) is 1. The fraction of sp³-hybridized carbons (Fsp3) is 0.310. The first-order valence-corrected chi connectivity index (χ1v) is 14.5. The van der Waals surface area contributed by atoms with Crippen molar-refractivity contribution >= 4 is 62.1 Å². The van der Waals surface area contributed by atoms with Gasteiger partial charge in [0.25, 0.3) is 12.3 Å². The van der Waals surface area contributed by atoms with Gasteiger partial charge in [0.05, 0.1) is 27.6 Å². The Morgan fingerprint density at radius 3 is 2.48 bits per heavy atom. The number of anilines is 4. The molecule has 0 bridgehead atoms. The second kappa shape index (κ2) is 12.3. The minimum Gasteiger partial charge on any atom is -0.487 e. The number of carbonyl (C=O) groups excluding carboxylic acids is 2. The van der Waals surface area contributed by atoms with Gasteiger partial charge in [-0.25, -0.2) is 8.78 Å². The highest BCUT2D eigenvalue weighted by Gasteiger charge is 2.68. The average molecular weight is 703 g/mol. The molecule has 1 aliphatic heterocycles. The molecule has 8 nitrogen and oxygen atoms in total. The summed E-state index contributed by atoms with van der Waals surface area (Å²) < 4.78 is 72.0. The van der Waals surface area contributed by atoms with Crippen molar-refractivity contribution in [2.24, 2.45) is 5.41 Å². The normalized spacial score (nSPS) is 16.7. The molecule has 0 aromatic heterocycles. The van der Waals surface area contributed by atoms with Crippen molar-refractivity contribution in [3.8, 4) is 5.75 Å². The fourth-order valence-electron chi connectivity index (χ4n) is 4.73. The highest BCUT2D eigenvalue weighted by atomic mass is 79.9. The molecule has 1 aliphatic carbocycles. The molecule has 1 atom stereocenters. The van der Waals surface area contributed by atoms with E-state index in [1.165, 1.54) is 12.1 Å². The number of amides is 2. The highest BCUT2D eigenvalue weighted by Crippen LogP contribution is 2.57. The summed E-state index contributed by atoms with van der Waals surface area (Å²) in [5.41, 5.74) is 0.141. The summed E-state index contributed by atoms with van der Waals surface area (Å²) in [6.45, 7) is -1.06. The minimum absolute atomic E-state index is 0.0249. The van der Waals surface area contributed by atoms with Crippen LogP contribution in [0.15, 0.2) is 59.1 Å². The Morgan fingerprint density at radius 2 is 1.84 bits per heavy atom. The summed E-state index contributed by atoms with van der Waals surface area (Å²) >= 11 is 9.72. The van der Waals surface area contributed by atoms with Gasteiger partial charge in [0.2, 0.25) is 5.91 Å². The molecule has 0 spiro atoms. The standard InChI is InChI=1S/C29H26BrClF5N5O3/c1-41-22-12-23(44-14-24(32)33)18(25(42)38-17-5-3-16(30)4-6-17)11-21(22)40-27(41)39-20-10-15(2-7-19(20)31)13-37-26(43)28(8-9-28)29(34,35)36/h2-7,10-12,24,27,39-40H,8-9,13-14H2,1H3,(H,37,43)(H,38,42). The molecule has 2 aliphatic rings. The molecule has 4 N–H and O–H groups in total. The molecule has 3 aromatic rings. The molecule has 1 heterocycles. The molecule has 1 fully saturated rings. The van der Waals surface area contributed by atoms with E-state index < -0.39 is 42.7 Å². The first kappa shape index (κ1) is 31.6. The largest absolute Gasteiger partial charge is 0.487 e. The lowest BCUT2D eigenvalue weighted by Gasteiger charge is -2.25. The van der Waals surface area contributed by atoms with E-state index in [0.717, 1.165) is 4.47 Å². The number of nitrogens with one attached hydrogen (secondary N) is 4. The zero-order valence-electron chi connectivity index (χ0n) is 23.0. The number of halogens is 7. The van der Waals surface area contributed by atoms with E-state index in [2.05, 4.69) is 37.2 Å². The third kappa shape index (κ3) is 6.65. The Kier molecular flexibility index (Phi) is 8.85. The third-order valence-electron chi connectivity index (χ3n) is 7.37. The van der Waals surface area contributed by atoms with Crippen molar-refractivity contribution in [2.45, 2.75) is 38.3 Å². The Balaban J connectivity index is 1.32. The summed E-state index contributed by atoms with van der Waals surface area (Å²) in [5, 5.41) is 11.8. The number of alkyl halides is 5. The number of carbonyl (C=O) groups is 2. The fourth-order valence-corrected chi connectivity index (χ4v) is 5.17. The molecule has 5 rings (SSSR count). The zero-order chi connectivity index (χ0) is 31.8. The molecule has 0 radical (unpaired) electrons. The van der Waals surface area contributed by atoms with Gasteiger partial charge in [0, 0.05) is 29.8 Å². The third-order valence-corrected chi connectivity index (χ3v) is 8.23. The number of rotatable bonds is 10. The lowest BCUT2D eigenvalue weighted by atomic mass is 10.1. The van der Waals surface area contributed by atoms with Crippen LogP contribution in [0.1, 0.15) is 28.8 Å². The SMILES string of the molecule is CN1c2cc(OCC(F)F)c(C(=O)Nc3ccc(Br)cc3)cc2NC1Nc1cc(CNC(=O)C2(C(F)(F)F)CC2)ccc1Cl. The van der Waals surface area contributed by atoms with Crippen LogP contribution in [0.5, 0.6) is 5.75 Å². The second-order valence-corrected chi connectivity index (χ2v) is 11.7. The molecular weight excluding hydrogens is 677 g/mol. The van der Waals surface area contributed by atoms with Crippen LogP contribution in [0.2, 0.25) is 5.02 Å². The van der Waals surface area contributed by atoms with Crippen molar-refractivity contribution in [1.29, 1.82) is 0 Å². The lowest BCUT2D eigenvalue weighted by Crippen LogP contribution is -2.41. The van der Waals surface area contributed by atoms with E-state index in [4.69, 9.17) is 16.3 Å². The van der Waals surface area contributed by atoms with Crippen LogP contribution in [0.3, 0.4) is 0 Å². The maximum absolute atomic E-state index is 13.3. The molecule has 234 valence electrons. The van der Waals surface area contributed by atoms with E-state index >= 15 is 0 Å². The highest BCUT2D eigenvalue weighted by molar-refractivity contribution is 9.10. The average Bonchev–Trinajstić information content (AvgIpc) is 3.74. The quantitative estimate of drug-likeness (QED) is 0.167. The summed E-state index contributed by atoms with van der Waals surface area (Å²) in [7, 11) is 1.71. The van der Waals surface area contributed by atoms with Crippen LogP contribution in [0.4, 0.5) is 44.7 Å². The van der Waals surface area contributed by atoms with E-state index in [1.54, 1.807) is 54.4 Å². The van der Waals surface area contributed by atoms with Gasteiger partial charge >= 0.3 is 6.18 Å². The van der Waals surface area contributed by atoms with E-state index in [1.807, 2.05) is 0 Å². The second-order valence-electron chi connectivity index (χ2n) is 10.4. The van der Waals surface area contributed by atoms with Crippen molar-refractivity contribution in [3.05, 3.63) is 75.2 Å². The van der Waals surface area contributed by atoms with E-state index in [0.29, 0.717) is 33.3 Å². The number of ether oxygens (including phenoxy) is 1. The molecule has 1 saturated carbocycles. The van der Waals surface area contributed by atoms with Crippen LogP contribution in [-0.4, -0.2) is 44.4 Å². The summed E-state index contributed by atoms with van der Waals surface area (Å²) in [6.07, 6.45) is -8.49. The monoisotopic (exact) mass is 701 g/mol. The number of hydrogen-bond donors (Lipinski definition) is 4. The predicted octanol–water partition coefficient (Wildman–Crippen LogP) is 7.21. The first-order chi connectivity index (χ1) is 20.8. The summed E-state index contributed by atoms with van der Waals surface area (Å²) in [5.74, 6) is -1.68. The van der Waals surface area contributed by atoms with Gasteiger partial charge in [0.15, 0.2) is 6.29 Å². The van der Waals surface area contributed by atoms with E-state index in [-0.39, 0.29) is 30.7 Å². The Morgan fingerprint density at radius 1 is 1.14 bits per heavy atom. The van der Waals surface area contributed by atoms with Crippen molar-refractivity contribution in [3.63, 3.8) is 0 Å². The minimum atomic E-state index is -4.61. The molecule has 1 unspecified atom stereocenters. The maximum atomic E-state index is 13.3. The van der Waals surface area contributed by atoms with Crippen molar-refractivity contribution in [2.75, 3.05) is 34.5 Å². The maximum Gasteiger partial charge on any atom is 0.403 e. The summed E-state index contributed by atoms with van der Waals surface area (Å²) in [4.78, 5) is 27.2. The van der Waals surface area contributed by atoms with Crippen LogP contribution >= 0.6 is 27.5 Å². The molecule has 0 saturated heterocycles. The van der Waals surface area contributed by atoms with Gasteiger partial charge in [-0.1, -0.05) is 33.6 Å². The Bertz CT molecular complexity index is 1570. The zero-order valence-corrected chi connectivity index (χ0v) is 25.3. The molecule has 3 aromatic carbocycles. The lowest BCUT2D eigenvalue weighted by molar-refractivity contribution is -0.192. The smallest absolute Gasteiger partial charge is 0.403 e. The van der Waals surface area contributed by atoms with Crippen molar-refractivity contribution in [1.82, 2.24) is 5.32 Å². The van der Waals surface area contributed by atoms with E-state index in [9.17, 15) is 31.5 Å². The van der Waals surface area contributed by atoms with Gasteiger partial charge in [-0.05, 0) is 60.9 Å². The van der Waals surface area contributed by atoms with Crippen LogP contribution in [0.25, 0.3) is 0 Å². The molecule has 15 heteroatoms. The Hall–Kier alpha value is -3.78. The number of fused-ring (bicyclic) bond motifs is 1. The first-order valence-electron chi connectivity index (χ1n) is 13.3. The predicted molar refractivity (Wildman–Crippen MR) is 160 cm³/mol. The van der Waals surface area contributed by atoms with Gasteiger partial charge in [0.1, 0.15) is 17.8 Å². The molecule has 44 heavy (non-hydrogen) atoms. The van der Waals surface area contributed by atoms with Crippen LogP contribution in [-0.2, 0) is 11.3 Å². The van der Waals surface area contributed by atoms with Gasteiger partial charge in [-0.2, -0.15) is 13.2 Å². The molecule has 2 amide bonds. The number of hydrogen-bond acceptors (Lipinski definition) is 6. The van der Waals surface area contributed by atoms with Gasteiger partial charge < -0.3 is 30.9 Å². The van der Waals surface area contributed by atoms with Gasteiger partial charge in [-0.15, -0.1) is 0 Å². The molecular formula is C29H26BrClF5N5O3. The van der Waals surface area contributed by atoms with Gasteiger partial charge in [-0.3, -0.25) is 9.59 Å². The Labute approximate surface area is 262 Å². The van der Waals surface area contributed by atoms with Crippen LogP contribution < -0.4 is 30.9 Å². The summed E-state index contributed by atoms with van der Waals surface area (Å²) in [6, 6.07) is 14.5. The van der Waals surface area contributed by atoms with Crippen LogP contribution in [0, 0.1) is 5.41 Å². The number of benzene rings is 3. The topological polar surface area (TPSA) is 94.7 Å².